The van der Waals surface area contributed by atoms with Crippen molar-refractivity contribution in [1.29, 1.82) is 0 Å². The molecule has 40 heavy (non-hydrogen) atoms. The molecule has 2 aromatic heterocycles. The summed E-state index contributed by atoms with van der Waals surface area (Å²) in [5.74, 6) is 0.190. The lowest BCUT2D eigenvalue weighted by atomic mass is 9.49. The second-order valence-electron chi connectivity index (χ2n) is 12.1. The summed E-state index contributed by atoms with van der Waals surface area (Å²) in [5.41, 5.74) is 0.104. The molecule has 0 amide bonds. The van der Waals surface area contributed by atoms with Gasteiger partial charge in [0.25, 0.3) is 0 Å². The Bertz CT molecular complexity index is 1570. The van der Waals surface area contributed by atoms with Gasteiger partial charge in [-0.2, -0.15) is 0 Å². The molecule has 3 fully saturated rings. The van der Waals surface area contributed by atoms with Gasteiger partial charge in [0.2, 0.25) is 0 Å². The molecule has 3 aromatic rings. The molecule has 8 nitrogen and oxygen atoms in total. The molecule has 0 radical (unpaired) electrons. The van der Waals surface area contributed by atoms with Gasteiger partial charge >= 0.3 is 11.9 Å². The number of ether oxygens (including phenoxy) is 2. The first-order valence-electron chi connectivity index (χ1n) is 14.0. The molecule has 0 unspecified atom stereocenters. The van der Waals surface area contributed by atoms with Gasteiger partial charge in [-0.25, -0.2) is 0 Å². The van der Waals surface area contributed by atoms with E-state index >= 15 is 0 Å². The standard InChI is InChI=1S/C30H29NO7S2/c32-20-5-6-30(36)22-11-16-3-4-21(26-25(16)29(30,27(20)38-26)7-8-31(22)14-15-1-2-15)37-24(35)13-19-10-17-9-18(12-23(33)34)39-28(17)40-19/h3-4,9-10,15,22,27,36H,1-2,5-8,11-14H2,(H,33,34)/t22-,27+,29+,30-/m1/s1. The topological polar surface area (TPSA) is 113 Å². The molecule has 1 aromatic carbocycles. The van der Waals surface area contributed by atoms with E-state index in [4.69, 9.17) is 14.6 Å². The molecular formula is C30H29NO7S2. The van der Waals surface area contributed by atoms with Gasteiger partial charge in [-0.15, -0.1) is 22.7 Å². The van der Waals surface area contributed by atoms with Crippen LogP contribution in [0.2, 0.25) is 0 Å². The number of likely N-dealkylation sites (tertiary alicyclic amines) is 1. The number of nitrogens with zero attached hydrogens (tertiary/aromatic N) is 1. The van der Waals surface area contributed by atoms with Crippen LogP contribution in [0.5, 0.6) is 11.5 Å². The van der Waals surface area contributed by atoms with Gasteiger partial charge < -0.3 is 19.7 Å². The van der Waals surface area contributed by atoms with Gasteiger partial charge in [0.15, 0.2) is 23.4 Å². The maximum atomic E-state index is 13.3. The van der Waals surface area contributed by atoms with Gasteiger partial charge in [0.1, 0.15) is 0 Å². The molecule has 3 aliphatic carbocycles. The lowest BCUT2D eigenvalue weighted by Gasteiger charge is -2.62. The Balaban J connectivity index is 1.09. The molecule has 4 atom stereocenters. The first-order valence-corrected chi connectivity index (χ1v) is 15.6. The third-order valence-corrected chi connectivity index (χ3v) is 12.1. The molecule has 2 saturated carbocycles. The number of carboxylic acids is 1. The van der Waals surface area contributed by atoms with Crippen LogP contribution in [0.25, 0.3) is 9.40 Å². The third kappa shape index (κ3) is 3.52. The van der Waals surface area contributed by atoms with E-state index < -0.39 is 29.1 Å². The largest absolute Gasteiger partial charge is 0.481 e. The average Bonchev–Trinajstić information content (AvgIpc) is 3.37. The number of fused-ring (bicyclic) bond motifs is 1. The second-order valence-corrected chi connectivity index (χ2v) is 14.6. The van der Waals surface area contributed by atoms with E-state index in [2.05, 4.69) is 4.90 Å². The summed E-state index contributed by atoms with van der Waals surface area (Å²) in [6, 6.07) is 7.50. The fraction of sp³-hybridized carbons (Fsp3) is 0.500. The number of carboxylic acid groups (broad SMARTS) is 1. The number of esters is 1. The molecule has 8 rings (SSSR count). The van der Waals surface area contributed by atoms with Crippen LogP contribution in [0.4, 0.5) is 0 Å². The summed E-state index contributed by atoms with van der Waals surface area (Å²) < 4.78 is 13.3. The lowest BCUT2D eigenvalue weighted by molar-refractivity contribution is -0.188. The highest BCUT2D eigenvalue weighted by Gasteiger charge is 2.73. The highest BCUT2D eigenvalue weighted by molar-refractivity contribution is 7.38. The van der Waals surface area contributed by atoms with Crippen LogP contribution in [0.15, 0.2) is 24.3 Å². The molecule has 2 bridgehead atoms. The normalized spacial score (nSPS) is 30.3. The molecule has 10 heteroatoms. The quantitative estimate of drug-likeness (QED) is 0.321. The minimum Gasteiger partial charge on any atom is -0.481 e. The van der Waals surface area contributed by atoms with Gasteiger partial charge in [-0.1, -0.05) is 6.07 Å². The van der Waals surface area contributed by atoms with Crippen molar-refractivity contribution < 1.29 is 34.1 Å². The van der Waals surface area contributed by atoms with Crippen LogP contribution in [0.3, 0.4) is 0 Å². The van der Waals surface area contributed by atoms with Gasteiger partial charge in [-0.3, -0.25) is 19.3 Å². The maximum Gasteiger partial charge on any atom is 0.316 e. The Morgan fingerprint density at radius 1 is 1.12 bits per heavy atom. The van der Waals surface area contributed by atoms with Crippen LogP contribution in [0, 0.1) is 5.92 Å². The molecule has 208 valence electrons. The fourth-order valence-electron chi connectivity index (χ4n) is 7.90. The van der Waals surface area contributed by atoms with Crippen molar-refractivity contribution in [3.8, 4) is 11.5 Å². The number of thiophene rings is 2. The monoisotopic (exact) mass is 579 g/mol. The molecule has 2 aliphatic heterocycles. The van der Waals surface area contributed by atoms with Gasteiger partial charge in [0.05, 0.1) is 27.9 Å². The van der Waals surface area contributed by atoms with Crippen molar-refractivity contribution in [2.75, 3.05) is 13.1 Å². The van der Waals surface area contributed by atoms with Crippen molar-refractivity contribution in [2.45, 2.75) is 74.5 Å². The molecule has 2 N–H and O–H groups in total. The number of carbonyl (C=O) groups is 3. The Kier molecular flexibility index (Phi) is 5.37. The van der Waals surface area contributed by atoms with E-state index in [0.29, 0.717) is 43.1 Å². The van der Waals surface area contributed by atoms with Crippen LogP contribution >= 0.6 is 22.7 Å². The van der Waals surface area contributed by atoms with Crippen LogP contribution in [-0.2, 0) is 39.1 Å². The smallest absolute Gasteiger partial charge is 0.316 e. The number of Topliss-reactive ketones (excluding diaryl/α,β-unsaturated/α-hetero) is 1. The number of rotatable bonds is 7. The number of benzene rings is 1. The lowest BCUT2D eigenvalue weighted by Crippen LogP contribution is -2.76. The van der Waals surface area contributed by atoms with Crippen molar-refractivity contribution in [3.05, 3.63) is 45.1 Å². The van der Waals surface area contributed by atoms with E-state index in [1.807, 2.05) is 18.2 Å². The number of hydrogen-bond donors (Lipinski definition) is 2. The third-order valence-electron chi connectivity index (χ3n) is 9.73. The van der Waals surface area contributed by atoms with Crippen molar-refractivity contribution in [1.82, 2.24) is 4.90 Å². The van der Waals surface area contributed by atoms with Crippen molar-refractivity contribution in [2.24, 2.45) is 5.92 Å². The van der Waals surface area contributed by atoms with Crippen molar-refractivity contribution >= 4 is 49.8 Å². The SMILES string of the molecule is O=C(O)Cc1cc2cc(CC(=O)Oc3ccc4c5c3O[C@H]3C(=O)CC[C@@]6(O)[C@@H](C4)N(CC4CC4)CC[C@]536)sc2s1. The van der Waals surface area contributed by atoms with E-state index in [0.717, 1.165) is 43.4 Å². The average molecular weight is 580 g/mol. The minimum absolute atomic E-state index is 0.00996. The summed E-state index contributed by atoms with van der Waals surface area (Å²) in [4.78, 5) is 41.5. The number of aliphatic carboxylic acids is 1. The molecule has 1 saturated heterocycles. The van der Waals surface area contributed by atoms with Crippen LogP contribution in [0.1, 0.15) is 53.0 Å². The Hall–Kier alpha value is -2.79. The highest BCUT2D eigenvalue weighted by Crippen LogP contribution is 2.65. The maximum absolute atomic E-state index is 13.3. The molecular weight excluding hydrogens is 550 g/mol. The number of aliphatic hydroxyl groups is 1. The summed E-state index contributed by atoms with van der Waals surface area (Å²) in [7, 11) is 0. The molecule has 1 spiro atoms. The number of carbonyl (C=O) groups excluding carboxylic acids is 2. The highest BCUT2D eigenvalue weighted by atomic mass is 32.2. The van der Waals surface area contributed by atoms with Crippen LogP contribution in [-0.4, -0.2) is 63.7 Å². The minimum atomic E-state index is -1.05. The molecule has 4 heterocycles. The Morgan fingerprint density at radius 3 is 2.62 bits per heavy atom. The van der Waals surface area contributed by atoms with E-state index in [-0.39, 0.29) is 24.7 Å². The number of hydrogen-bond acceptors (Lipinski definition) is 9. The fourth-order valence-corrected chi connectivity index (χ4v) is 10.4. The van der Waals surface area contributed by atoms with E-state index in [1.165, 1.54) is 35.5 Å². The van der Waals surface area contributed by atoms with E-state index in [1.54, 1.807) is 6.07 Å². The predicted octanol–water partition coefficient (Wildman–Crippen LogP) is 3.87. The Morgan fingerprint density at radius 2 is 1.90 bits per heavy atom. The first kappa shape index (κ1) is 25.0. The second kappa shape index (κ2) is 8.61. The van der Waals surface area contributed by atoms with E-state index in [9.17, 15) is 19.5 Å². The summed E-state index contributed by atoms with van der Waals surface area (Å²) in [5, 5.41) is 22.4. The molecule has 5 aliphatic rings. The number of piperidine rings is 1. The zero-order valence-corrected chi connectivity index (χ0v) is 23.4. The van der Waals surface area contributed by atoms with Crippen molar-refractivity contribution in [3.63, 3.8) is 0 Å². The predicted molar refractivity (Wildman–Crippen MR) is 149 cm³/mol. The van der Waals surface area contributed by atoms with Gasteiger partial charge in [0, 0.05) is 39.7 Å². The Labute approximate surface area is 238 Å². The van der Waals surface area contributed by atoms with Gasteiger partial charge in [-0.05, 0) is 68.3 Å². The zero-order chi connectivity index (χ0) is 27.4. The summed E-state index contributed by atoms with van der Waals surface area (Å²) >= 11 is 2.90. The summed E-state index contributed by atoms with van der Waals surface area (Å²) in [6.07, 6.45) is 3.89. The summed E-state index contributed by atoms with van der Waals surface area (Å²) in [6.45, 7) is 1.82. The number of ketones is 1. The van der Waals surface area contributed by atoms with Crippen LogP contribution < -0.4 is 9.47 Å². The zero-order valence-electron chi connectivity index (χ0n) is 21.8. The first-order chi connectivity index (χ1) is 19.2.